The predicted octanol–water partition coefficient (Wildman–Crippen LogP) is 2.86. The summed E-state index contributed by atoms with van der Waals surface area (Å²) in [4.78, 5) is 14.9. The summed E-state index contributed by atoms with van der Waals surface area (Å²) in [6.45, 7) is 7.91. The molecule has 0 saturated carbocycles. The van der Waals surface area contributed by atoms with Gasteiger partial charge in [-0.05, 0) is 12.5 Å². The Morgan fingerprint density at radius 2 is 2.00 bits per heavy atom. The van der Waals surface area contributed by atoms with Gasteiger partial charge in [0.15, 0.2) is 5.96 Å². The summed E-state index contributed by atoms with van der Waals surface area (Å²) in [6.07, 6.45) is 6.37. The lowest BCUT2D eigenvalue weighted by molar-refractivity contribution is 0.194. The molecule has 2 heterocycles. The van der Waals surface area contributed by atoms with Crippen LogP contribution in [-0.2, 0) is 6.54 Å². The number of thiazole rings is 1. The molecular formula is C20H27N5S. The number of rotatable bonds is 5. The van der Waals surface area contributed by atoms with Gasteiger partial charge in [-0.3, -0.25) is 9.89 Å². The van der Waals surface area contributed by atoms with Gasteiger partial charge in [-0.2, -0.15) is 0 Å². The van der Waals surface area contributed by atoms with Gasteiger partial charge in [0.1, 0.15) is 5.01 Å². The number of nitrogens with zero attached hydrogens (tertiary/aromatic N) is 4. The fourth-order valence-electron chi connectivity index (χ4n) is 3.01. The van der Waals surface area contributed by atoms with Crippen LogP contribution in [0.25, 0.3) is 6.08 Å². The highest BCUT2D eigenvalue weighted by atomic mass is 32.1. The molecule has 1 aromatic heterocycles. The van der Waals surface area contributed by atoms with Gasteiger partial charge in [0.05, 0.1) is 6.54 Å². The summed E-state index contributed by atoms with van der Waals surface area (Å²) in [5, 5.41) is 4.54. The van der Waals surface area contributed by atoms with Crippen molar-refractivity contribution in [3.05, 3.63) is 58.1 Å². The second-order valence-electron chi connectivity index (χ2n) is 6.37. The van der Waals surface area contributed by atoms with E-state index in [-0.39, 0.29) is 0 Å². The number of guanidine groups is 1. The van der Waals surface area contributed by atoms with E-state index >= 15 is 0 Å². The zero-order valence-corrected chi connectivity index (χ0v) is 16.4. The molecule has 1 aromatic carbocycles. The minimum Gasteiger partial charge on any atom is -0.350 e. The molecule has 1 saturated heterocycles. The molecule has 26 heavy (non-hydrogen) atoms. The van der Waals surface area contributed by atoms with Crippen molar-refractivity contribution in [1.29, 1.82) is 0 Å². The topological polar surface area (TPSA) is 43.8 Å². The third-order valence-corrected chi connectivity index (χ3v) is 5.34. The molecule has 1 N–H and O–H groups in total. The molecule has 2 aromatic rings. The largest absolute Gasteiger partial charge is 0.350 e. The van der Waals surface area contributed by atoms with Gasteiger partial charge < -0.3 is 10.2 Å². The van der Waals surface area contributed by atoms with Gasteiger partial charge in [0, 0.05) is 50.8 Å². The number of benzene rings is 1. The molecule has 138 valence electrons. The molecule has 1 aliphatic heterocycles. The maximum atomic E-state index is 4.44. The molecule has 1 fully saturated rings. The van der Waals surface area contributed by atoms with Gasteiger partial charge in [-0.25, -0.2) is 4.98 Å². The minimum absolute atomic E-state index is 0.741. The van der Waals surface area contributed by atoms with E-state index in [4.69, 9.17) is 0 Å². The Balaban J connectivity index is 1.42. The van der Waals surface area contributed by atoms with Crippen LogP contribution in [0.2, 0.25) is 0 Å². The lowest BCUT2D eigenvalue weighted by Crippen LogP contribution is -2.52. The van der Waals surface area contributed by atoms with E-state index in [0.717, 1.165) is 50.2 Å². The fraction of sp³-hybridized carbons (Fsp3) is 0.400. The van der Waals surface area contributed by atoms with Crippen LogP contribution in [0, 0.1) is 6.92 Å². The SMILES string of the molecule is CN=C(NCc1ncc(C)s1)N1CCN(CC=Cc2ccccc2)CC1. The zero-order chi connectivity index (χ0) is 18.2. The van der Waals surface area contributed by atoms with E-state index in [1.54, 1.807) is 11.3 Å². The van der Waals surface area contributed by atoms with Crippen LogP contribution in [0.15, 0.2) is 47.6 Å². The van der Waals surface area contributed by atoms with Gasteiger partial charge >= 0.3 is 0 Å². The van der Waals surface area contributed by atoms with Crippen molar-refractivity contribution in [2.75, 3.05) is 39.8 Å². The van der Waals surface area contributed by atoms with Gasteiger partial charge in [-0.15, -0.1) is 11.3 Å². The highest BCUT2D eigenvalue weighted by Gasteiger charge is 2.18. The van der Waals surface area contributed by atoms with Crippen LogP contribution in [0.4, 0.5) is 0 Å². The van der Waals surface area contributed by atoms with Crippen LogP contribution in [0.5, 0.6) is 0 Å². The maximum absolute atomic E-state index is 4.44. The molecule has 0 spiro atoms. The average molecular weight is 370 g/mol. The number of aromatic nitrogens is 1. The smallest absolute Gasteiger partial charge is 0.194 e. The quantitative estimate of drug-likeness (QED) is 0.650. The van der Waals surface area contributed by atoms with E-state index in [2.05, 4.69) is 68.4 Å². The normalized spacial score (nSPS) is 16.4. The molecule has 0 bridgehead atoms. The summed E-state index contributed by atoms with van der Waals surface area (Å²) < 4.78 is 0. The summed E-state index contributed by atoms with van der Waals surface area (Å²) in [6, 6.07) is 10.5. The van der Waals surface area contributed by atoms with E-state index in [1.165, 1.54) is 10.4 Å². The maximum Gasteiger partial charge on any atom is 0.194 e. The van der Waals surface area contributed by atoms with Crippen LogP contribution >= 0.6 is 11.3 Å². The molecule has 5 nitrogen and oxygen atoms in total. The fourth-order valence-corrected chi connectivity index (χ4v) is 3.74. The first kappa shape index (κ1) is 18.6. The van der Waals surface area contributed by atoms with E-state index < -0.39 is 0 Å². The van der Waals surface area contributed by atoms with Crippen molar-refractivity contribution in [3.63, 3.8) is 0 Å². The molecule has 0 amide bonds. The number of nitrogens with one attached hydrogen (secondary N) is 1. The number of hydrogen-bond donors (Lipinski definition) is 1. The van der Waals surface area contributed by atoms with Gasteiger partial charge in [0.25, 0.3) is 0 Å². The molecule has 3 rings (SSSR count). The first-order chi connectivity index (χ1) is 12.7. The van der Waals surface area contributed by atoms with Crippen molar-refractivity contribution in [1.82, 2.24) is 20.1 Å². The van der Waals surface area contributed by atoms with Crippen LogP contribution in [-0.4, -0.2) is 60.5 Å². The summed E-state index contributed by atoms with van der Waals surface area (Å²) in [5.74, 6) is 0.970. The predicted molar refractivity (Wildman–Crippen MR) is 111 cm³/mol. The summed E-state index contributed by atoms with van der Waals surface area (Å²) >= 11 is 1.73. The molecule has 0 unspecified atom stereocenters. The van der Waals surface area contributed by atoms with Crippen molar-refractivity contribution in [3.8, 4) is 0 Å². The Morgan fingerprint density at radius 3 is 2.65 bits per heavy atom. The standard InChI is InChI=1S/C20H27N5S/c1-17-15-22-19(26-17)16-23-20(21-2)25-13-11-24(12-14-25)10-6-9-18-7-4-3-5-8-18/h3-9,15H,10-14,16H2,1-2H3,(H,21,23). The van der Waals surface area contributed by atoms with Gasteiger partial charge in [0.2, 0.25) is 0 Å². The Labute approximate surface area is 160 Å². The highest BCUT2D eigenvalue weighted by Crippen LogP contribution is 2.11. The molecule has 1 aliphatic rings. The van der Waals surface area contributed by atoms with Gasteiger partial charge in [-0.1, -0.05) is 42.5 Å². The van der Waals surface area contributed by atoms with Crippen LogP contribution in [0.1, 0.15) is 15.4 Å². The first-order valence-electron chi connectivity index (χ1n) is 9.05. The molecule has 0 aliphatic carbocycles. The van der Waals surface area contributed by atoms with Crippen molar-refractivity contribution < 1.29 is 0 Å². The van der Waals surface area contributed by atoms with E-state index in [0.29, 0.717) is 0 Å². The number of hydrogen-bond acceptors (Lipinski definition) is 4. The van der Waals surface area contributed by atoms with Crippen molar-refractivity contribution in [2.45, 2.75) is 13.5 Å². The van der Waals surface area contributed by atoms with E-state index in [9.17, 15) is 0 Å². The second-order valence-corrected chi connectivity index (χ2v) is 7.69. The zero-order valence-electron chi connectivity index (χ0n) is 15.6. The molecule has 0 atom stereocenters. The third-order valence-electron chi connectivity index (χ3n) is 4.42. The van der Waals surface area contributed by atoms with Crippen LogP contribution < -0.4 is 5.32 Å². The monoisotopic (exact) mass is 369 g/mol. The first-order valence-corrected chi connectivity index (χ1v) is 9.87. The minimum atomic E-state index is 0.741. The average Bonchev–Trinajstić information content (AvgIpc) is 3.09. The number of aliphatic imine (C=N–C) groups is 1. The second kappa shape index (κ2) is 9.50. The molecule has 0 radical (unpaired) electrons. The Bertz CT molecular complexity index is 730. The Morgan fingerprint density at radius 1 is 1.23 bits per heavy atom. The van der Waals surface area contributed by atoms with Crippen molar-refractivity contribution in [2.24, 2.45) is 4.99 Å². The Kier molecular flexibility index (Phi) is 6.80. The van der Waals surface area contributed by atoms with Crippen LogP contribution in [0.3, 0.4) is 0 Å². The number of piperazine rings is 1. The lowest BCUT2D eigenvalue weighted by Gasteiger charge is -2.36. The summed E-state index contributed by atoms with van der Waals surface area (Å²) in [5.41, 5.74) is 1.26. The molecular weight excluding hydrogens is 342 g/mol. The summed E-state index contributed by atoms with van der Waals surface area (Å²) in [7, 11) is 1.85. The Hall–Kier alpha value is -2.18. The number of aryl methyl sites for hydroxylation is 1. The lowest BCUT2D eigenvalue weighted by atomic mass is 10.2. The third kappa shape index (κ3) is 5.41. The van der Waals surface area contributed by atoms with Crippen molar-refractivity contribution >= 4 is 23.4 Å². The highest BCUT2D eigenvalue weighted by molar-refractivity contribution is 7.11. The molecule has 6 heteroatoms. The van der Waals surface area contributed by atoms with E-state index in [1.807, 2.05) is 19.3 Å².